The van der Waals surface area contributed by atoms with Crippen molar-refractivity contribution < 1.29 is 24.5 Å². The van der Waals surface area contributed by atoms with Crippen LogP contribution in [0.3, 0.4) is 0 Å². The van der Waals surface area contributed by atoms with Crippen LogP contribution >= 0.6 is 8.38 Å². The fourth-order valence-electron chi connectivity index (χ4n) is 7.25. The first-order chi connectivity index (χ1) is 27.7. The molecular weight excluding hydrogens is 749 g/mol. The van der Waals surface area contributed by atoms with E-state index in [1.807, 2.05) is 35.1 Å². The molecule has 1 aromatic carbocycles. The Morgan fingerprint density at radius 1 is 0.947 bits per heavy atom. The highest BCUT2D eigenvalue weighted by Gasteiger charge is 2.23. The molecule has 3 aromatic rings. The van der Waals surface area contributed by atoms with Crippen LogP contribution in [0, 0.1) is 0 Å². The van der Waals surface area contributed by atoms with Crippen molar-refractivity contribution in [2.45, 2.75) is 108 Å². The zero-order valence-electron chi connectivity index (χ0n) is 33.1. The predicted octanol–water partition coefficient (Wildman–Crippen LogP) is 0.999. The topological polar surface area (TPSA) is 253 Å². The number of anilines is 2. The van der Waals surface area contributed by atoms with Gasteiger partial charge in [0.25, 0.3) is 0 Å². The molecule has 3 heterocycles. The van der Waals surface area contributed by atoms with Crippen molar-refractivity contribution in [2.75, 3.05) is 69.2 Å². The Labute approximate surface area is 336 Å². The number of piperidine rings is 1. The number of nitrogens with zero attached hydrogens (tertiary/aromatic N) is 6. The summed E-state index contributed by atoms with van der Waals surface area (Å²) in [5.74, 6) is 0.540. The van der Waals surface area contributed by atoms with Crippen LogP contribution in [0.2, 0.25) is 0 Å². The number of likely N-dealkylation sites (tertiary alicyclic amines) is 1. The number of amides is 2. The van der Waals surface area contributed by atoms with E-state index in [0.29, 0.717) is 19.0 Å². The molecule has 2 fully saturated rings. The van der Waals surface area contributed by atoms with Gasteiger partial charge in [-0.25, -0.2) is 4.98 Å². The number of aromatic nitrogens is 5. The number of benzene rings is 1. The Morgan fingerprint density at radius 2 is 1.74 bits per heavy atom. The molecule has 2 amide bonds. The van der Waals surface area contributed by atoms with Crippen molar-refractivity contribution >= 4 is 42.9 Å². The van der Waals surface area contributed by atoms with Gasteiger partial charge in [0.2, 0.25) is 17.8 Å². The molecule has 1 aliphatic heterocycles. The number of aliphatic hydroxyl groups is 1. The van der Waals surface area contributed by atoms with Gasteiger partial charge in [-0.05, 0) is 76.7 Å². The Balaban J connectivity index is 0.973. The van der Waals surface area contributed by atoms with Gasteiger partial charge in [0.1, 0.15) is 11.5 Å². The fraction of sp³-hybridized carbons (Fsp3) is 0.684. The highest BCUT2D eigenvalue weighted by molar-refractivity contribution is 7.45. The summed E-state index contributed by atoms with van der Waals surface area (Å²) in [5.41, 5.74) is 7.50. The molecule has 1 saturated carbocycles. The minimum Gasteiger partial charge on any atom is -0.390 e. The second-order valence-corrected chi connectivity index (χ2v) is 16.4. The van der Waals surface area contributed by atoms with Crippen LogP contribution in [0.4, 0.5) is 11.8 Å². The number of carbonyl (C=O) groups excluding carboxylic acids is 2. The first-order valence-electron chi connectivity index (χ1n) is 20.7. The minimum atomic E-state index is -2.08. The number of aryl methyl sites for hydroxylation is 1. The van der Waals surface area contributed by atoms with E-state index in [4.69, 9.17) is 25.5 Å². The molecule has 18 nitrogen and oxygen atoms in total. The van der Waals surface area contributed by atoms with E-state index < -0.39 is 26.4 Å². The number of nitrogens with one attached hydrogen (secondary N) is 6. The zero-order valence-corrected chi connectivity index (χ0v) is 34.0. The number of nitrogens with two attached hydrogens (primary N) is 1. The van der Waals surface area contributed by atoms with Gasteiger partial charge < -0.3 is 57.4 Å². The van der Waals surface area contributed by atoms with Crippen LogP contribution in [-0.2, 0) is 22.7 Å². The lowest BCUT2D eigenvalue weighted by Crippen LogP contribution is -2.45. The molecule has 0 radical (unpaired) electrons. The number of carbonyl (C=O) groups is 2. The molecule has 1 unspecified atom stereocenters. The summed E-state index contributed by atoms with van der Waals surface area (Å²) in [7, 11) is -2.08. The summed E-state index contributed by atoms with van der Waals surface area (Å²) in [6.07, 6.45) is 12.1. The number of rotatable bonds is 25. The average molecular weight is 814 g/mol. The largest absolute Gasteiger partial charge is 0.390 e. The Hall–Kier alpha value is -3.61. The molecular formula is C38H64N13O5P. The zero-order chi connectivity index (χ0) is 40.2. The lowest BCUT2D eigenvalue weighted by molar-refractivity contribution is -0.123. The number of β-amino-alcohol motifs (C(OH)–C–C–N with tert-alkyl or cyclic N) is 1. The summed E-state index contributed by atoms with van der Waals surface area (Å²) in [6.45, 7) is 6.50. The molecule has 1 saturated heterocycles. The van der Waals surface area contributed by atoms with E-state index in [1.165, 1.54) is 32.1 Å². The number of hydrogen-bond acceptors (Lipinski definition) is 15. The lowest BCUT2D eigenvalue weighted by atomic mass is 9.95. The van der Waals surface area contributed by atoms with Crippen LogP contribution in [-0.4, -0.2) is 139 Å². The van der Waals surface area contributed by atoms with Crippen molar-refractivity contribution in [3.63, 3.8) is 0 Å². The van der Waals surface area contributed by atoms with Crippen LogP contribution in [0.25, 0.3) is 10.9 Å². The average Bonchev–Trinajstić information content (AvgIpc) is 3.68. The van der Waals surface area contributed by atoms with Gasteiger partial charge in [0.05, 0.1) is 30.4 Å². The summed E-state index contributed by atoms with van der Waals surface area (Å²) in [4.78, 5) is 54.0. The highest BCUT2D eigenvalue weighted by Crippen LogP contribution is 2.25. The van der Waals surface area contributed by atoms with Crippen molar-refractivity contribution in [1.82, 2.24) is 51.1 Å². The highest BCUT2D eigenvalue weighted by atomic mass is 31.2. The maximum absolute atomic E-state index is 12.3. The molecule has 57 heavy (non-hydrogen) atoms. The monoisotopic (exact) mass is 813 g/mol. The van der Waals surface area contributed by atoms with Gasteiger partial charge in [0, 0.05) is 69.3 Å². The van der Waals surface area contributed by atoms with E-state index in [0.717, 1.165) is 93.4 Å². The van der Waals surface area contributed by atoms with Crippen LogP contribution in [0.1, 0.15) is 76.3 Å². The van der Waals surface area contributed by atoms with E-state index in [-0.39, 0.29) is 44.0 Å². The fourth-order valence-corrected chi connectivity index (χ4v) is 7.56. The standard InChI is InChI=1S/C38H64N13O5P/c39-33(37(54)42-19-23-57(55)56)12-13-35(53)43-25-31(52)27-50-21-14-29(15-22-50)45-36-32-10-4-5-11-34(32)46-38(47-36)44-24-30-26-51(49-48-30)20-7-17-40-16-6-18-41-28-8-2-1-3-9-28/h4-5,10-11,26,28-29,31,33,40-41,52,55-56H,1-3,6-9,12-25,27,39H2,(H,42,54)(H,43,53)(H2,44,45,46,47)/t31?,33-/m0/s1. The second kappa shape index (κ2) is 24.3. The molecule has 5 rings (SSSR count). The third-order valence-corrected chi connectivity index (χ3v) is 11.1. The molecule has 11 N–H and O–H groups in total. The molecule has 316 valence electrons. The maximum atomic E-state index is 12.3. The first-order valence-corrected chi connectivity index (χ1v) is 22.1. The Kier molecular flexibility index (Phi) is 19.0. The van der Waals surface area contributed by atoms with Gasteiger partial charge >= 0.3 is 0 Å². The van der Waals surface area contributed by atoms with Crippen molar-refractivity contribution in [3.05, 3.63) is 36.2 Å². The SMILES string of the molecule is N[C@@H](CCC(=O)NCC(O)CN1CCC(Nc2nc(NCc3cn(CCCNCCCNC4CCCCC4)nn3)nc3ccccc23)CC1)C(=O)NCCP(O)O. The predicted molar refractivity (Wildman–Crippen MR) is 222 cm³/mol. The molecule has 0 bridgehead atoms. The van der Waals surface area contributed by atoms with E-state index in [1.54, 1.807) is 0 Å². The van der Waals surface area contributed by atoms with E-state index in [2.05, 4.69) is 47.1 Å². The second-order valence-electron chi connectivity index (χ2n) is 15.2. The third-order valence-electron chi connectivity index (χ3n) is 10.5. The molecule has 1 aliphatic carbocycles. The van der Waals surface area contributed by atoms with E-state index in [9.17, 15) is 14.7 Å². The third kappa shape index (κ3) is 16.3. The van der Waals surface area contributed by atoms with Gasteiger partial charge in [-0.1, -0.05) is 36.6 Å². The number of para-hydroxylation sites is 1. The van der Waals surface area contributed by atoms with Crippen LogP contribution in [0.15, 0.2) is 30.5 Å². The van der Waals surface area contributed by atoms with Gasteiger partial charge in [0.15, 0.2) is 8.38 Å². The number of aliphatic hydroxyl groups excluding tert-OH is 1. The first kappa shape index (κ1) is 44.5. The quantitative estimate of drug-likeness (QED) is 0.0423. The molecule has 2 aromatic heterocycles. The summed E-state index contributed by atoms with van der Waals surface area (Å²) in [5, 5.41) is 39.7. The summed E-state index contributed by atoms with van der Waals surface area (Å²) >= 11 is 0. The smallest absolute Gasteiger partial charge is 0.236 e. The van der Waals surface area contributed by atoms with Crippen molar-refractivity contribution in [2.24, 2.45) is 5.73 Å². The lowest BCUT2D eigenvalue weighted by Gasteiger charge is -2.34. The number of hydrogen-bond donors (Lipinski definition) is 10. The van der Waals surface area contributed by atoms with Gasteiger partial charge in [-0.3, -0.25) is 14.3 Å². The summed E-state index contributed by atoms with van der Waals surface area (Å²) < 4.78 is 1.89. The Morgan fingerprint density at radius 3 is 2.54 bits per heavy atom. The molecule has 19 heteroatoms. The molecule has 2 aliphatic rings. The normalized spacial score (nSPS) is 16.8. The van der Waals surface area contributed by atoms with Gasteiger partial charge in [-0.15, -0.1) is 5.10 Å². The van der Waals surface area contributed by atoms with Crippen molar-refractivity contribution in [3.8, 4) is 0 Å². The maximum Gasteiger partial charge on any atom is 0.236 e. The molecule has 2 atom stereocenters. The van der Waals surface area contributed by atoms with Crippen LogP contribution in [0.5, 0.6) is 0 Å². The number of fused-ring (bicyclic) bond motifs is 1. The molecule has 0 spiro atoms. The van der Waals surface area contributed by atoms with E-state index >= 15 is 0 Å². The minimum absolute atomic E-state index is 0.0403. The summed E-state index contributed by atoms with van der Waals surface area (Å²) in [6, 6.07) is 7.97. The van der Waals surface area contributed by atoms with Crippen LogP contribution < -0.4 is 37.6 Å². The Bertz CT molecular complexity index is 1640. The van der Waals surface area contributed by atoms with Crippen molar-refractivity contribution in [1.29, 1.82) is 0 Å². The van der Waals surface area contributed by atoms with Gasteiger partial charge in [-0.2, -0.15) is 4.98 Å².